The maximum Gasteiger partial charge on any atom is 0.0261 e. The van der Waals surface area contributed by atoms with Crippen molar-refractivity contribution in [2.24, 2.45) is 0 Å². The molecule has 0 saturated carbocycles. The quantitative estimate of drug-likeness (QED) is 0.565. The van der Waals surface area contributed by atoms with Crippen molar-refractivity contribution >= 4 is 0 Å². The van der Waals surface area contributed by atoms with Gasteiger partial charge in [-0.1, -0.05) is 13.3 Å². The first kappa shape index (κ1) is 8.02. The summed E-state index contributed by atoms with van der Waals surface area (Å²) in [6, 6.07) is 0. The molecule has 0 bridgehead atoms. The lowest BCUT2D eigenvalue weighted by Crippen LogP contribution is -2.40. The molecule has 0 aromatic carbocycles. The Labute approximate surface area is 63.6 Å². The molecule has 0 N–H and O–H groups in total. The van der Waals surface area contributed by atoms with E-state index in [2.05, 4.69) is 17.1 Å². The van der Waals surface area contributed by atoms with E-state index in [4.69, 9.17) is 0 Å². The lowest BCUT2D eigenvalue weighted by atomic mass is 10.3. The second kappa shape index (κ2) is 4.69. The maximum atomic E-state index is 4.29. The highest BCUT2D eigenvalue weighted by Crippen LogP contribution is 1.96. The minimum absolute atomic E-state index is 1.06. The van der Waals surface area contributed by atoms with E-state index in [0.29, 0.717) is 0 Å². The van der Waals surface area contributed by atoms with Crippen LogP contribution in [-0.2, 0) is 0 Å². The van der Waals surface area contributed by atoms with Crippen molar-refractivity contribution in [1.29, 1.82) is 0 Å². The molecule has 0 aromatic heterocycles. The smallest absolute Gasteiger partial charge is 0.0261 e. The van der Waals surface area contributed by atoms with Gasteiger partial charge in [0.1, 0.15) is 0 Å². The zero-order chi connectivity index (χ0) is 7.23. The first-order valence-corrected chi connectivity index (χ1v) is 4.29. The van der Waals surface area contributed by atoms with Crippen LogP contribution in [0, 0.1) is 0 Å². The molecular formula is C8H17N2. The van der Waals surface area contributed by atoms with E-state index in [1.807, 2.05) is 0 Å². The first-order valence-electron chi connectivity index (χ1n) is 4.29. The topological polar surface area (TPSA) is 17.3 Å². The molecule has 0 spiro atoms. The molecule has 1 aliphatic rings. The molecule has 0 unspecified atom stereocenters. The van der Waals surface area contributed by atoms with E-state index in [0.717, 1.165) is 13.1 Å². The Morgan fingerprint density at radius 2 is 2.00 bits per heavy atom. The summed E-state index contributed by atoms with van der Waals surface area (Å²) in [6.07, 6.45) is 2.66. The van der Waals surface area contributed by atoms with Gasteiger partial charge in [-0.05, 0) is 13.0 Å². The standard InChI is InChI=1S/C8H17N2/c1-2-3-6-10-7-4-9-5-8-10/h2-8H2,1H3. The average Bonchev–Trinajstić information content (AvgIpc) is 2.03. The molecule has 1 saturated heterocycles. The second-order valence-corrected chi connectivity index (χ2v) is 2.87. The molecule has 0 atom stereocenters. The molecule has 1 radical (unpaired) electrons. The summed E-state index contributed by atoms with van der Waals surface area (Å²) in [7, 11) is 0. The average molecular weight is 141 g/mol. The van der Waals surface area contributed by atoms with E-state index in [1.54, 1.807) is 0 Å². The number of hydrogen-bond donors (Lipinski definition) is 0. The Bertz CT molecular complexity index is 77.3. The Morgan fingerprint density at radius 3 is 2.60 bits per heavy atom. The molecule has 10 heavy (non-hydrogen) atoms. The third-order valence-electron chi connectivity index (χ3n) is 1.98. The molecule has 2 nitrogen and oxygen atoms in total. The van der Waals surface area contributed by atoms with E-state index >= 15 is 0 Å². The van der Waals surface area contributed by atoms with Gasteiger partial charge < -0.3 is 4.90 Å². The molecule has 59 valence electrons. The third kappa shape index (κ3) is 2.67. The molecule has 0 amide bonds. The molecular weight excluding hydrogens is 124 g/mol. The van der Waals surface area contributed by atoms with Crippen LogP contribution in [0.2, 0.25) is 0 Å². The highest BCUT2D eigenvalue weighted by atomic mass is 15.2. The molecule has 0 aliphatic carbocycles. The summed E-state index contributed by atoms with van der Waals surface area (Å²) in [5.41, 5.74) is 0. The summed E-state index contributed by atoms with van der Waals surface area (Å²) < 4.78 is 0. The predicted octanol–water partition coefficient (Wildman–Crippen LogP) is 0.707. The zero-order valence-corrected chi connectivity index (χ0v) is 6.84. The van der Waals surface area contributed by atoms with Crippen molar-refractivity contribution in [3.8, 4) is 0 Å². The fourth-order valence-electron chi connectivity index (χ4n) is 1.25. The van der Waals surface area contributed by atoms with Crippen LogP contribution in [0.1, 0.15) is 19.8 Å². The first-order chi connectivity index (χ1) is 4.93. The largest absolute Gasteiger partial charge is 0.301 e. The molecule has 0 aromatic rings. The summed E-state index contributed by atoms with van der Waals surface area (Å²) in [6.45, 7) is 8.04. The normalized spacial score (nSPS) is 21.3. The van der Waals surface area contributed by atoms with Crippen LogP contribution in [0.3, 0.4) is 0 Å². The van der Waals surface area contributed by atoms with Gasteiger partial charge in [0.2, 0.25) is 0 Å². The second-order valence-electron chi connectivity index (χ2n) is 2.87. The van der Waals surface area contributed by atoms with Gasteiger partial charge in [-0.25, -0.2) is 5.32 Å². The highest BCUT2D eigenvalue weighted by molar-refractivity contribution is 4.66. The van der Waals surface area contributed by atoms with Crippen LogP contribution < -0.4 is 5.32 Å². The van der Waals surface area contributed by atoms with Crippen LogP contribution >= 0.6 is 0 Å². The van der Waals surface area contributed by atoms with Crippen molar-refractivity contribution < 1.29 is 0 Å². The Balaban J connectivity index is 2.02. The van der Waals surface area contributed by atoms with Crippen LogP contribution in [0.15, 0.2) is 0 Å². The summed E-state index contributed by atoms with van der Waals surface area (Å²) in [5, 5.41) is 4.29. The lowest BCUT2D eigenvalue weighted by molar-refractivity contribution is 0.235. The number of nitrogens with zero attached hydrogens (tertiary/aromatic N) is 2. The van der Waals surface area contributed by atoms with Gasteiger partial charge in [0.25, 0.3) is 0 Å². The van der Waals surface area contributed by atoms with Gasteiger partial charge in [0, 0.05) is 26.2 Å². The molecule has 1 heterocycles. The van der Waals surface area contributed by atoms with Crippen molar-refractivity contribution in [3.63, 3.8) is 0 Å². The van der Waals surface area contributed by atoms with Gasteiger partial charge in [0.15, 0.2) is 0 Å². The monoisotopic (exact) mass is 141 g/mol. The van der Waals surface area contributed by atoms with Gasteiger partial charge >= 0.3 is 0 Å². The fraction of sp³-hybridized carbons (Fsp3) is 1.00. The minimum Gasteiger partial charge on any atom is -0.301 e. The van der Waals surface area contributed by atoms with Gasteiger partial charge in [0.05, 0.1) is 0 Å². The van der Waals surface area contributed by atoms with E-state index in [9.17, 15) is 0 Å². The van der Waals surface area contributed by atoms with E-state index in [1.165, 1.54) is 32.5 Å². The summed E-state index contributed by atoms with van der Waals surface area (Å²) in [5.74, 6) is 0. The van der Waals surface area contributed by atoms with Gasteiger partial charge in [-0.2, -0.15) is 0 Å². The van der Waals surface area contributed by atoms with E-state index < -0.39 is 0 Å². The lowest BCUT2D eigenvalue weighted by Gasteiger charge is -2.25. The third-order valence-corrected chi connectivity index (χ3v) is 1.98. The molecule has 1 aliphatic heterocycles. The van der Waals surface area contributed by atoms with Crippen LogP contribution in [0.25, 0.3) is 0 Å². The maximum absolute atomic E-state index is 4.29. The number of hydrogen-bond acceptors (Lipinski definition) is 1. The van der Waals surface area contributed by atoms with Crippen molar-refractivity contribution in [1.82, 2.24) is 10.2 Å². The predicted molar refractivity (Wildman–Crippen MR) is 43.2 cm³/mol. The van der Waals surface area contributed by atoms with Crippen LogP contribution in [-0.4, -0.2) is 37.6 Å². The number of rotatable bonds is 3. The van der Waals surface area contributed by atoms with Gasteiger partial charge in [-0.15, -0.1) is 0 Å². The van der Waals surface area contributed by atoms with Crippen LogP contribution in [0.4, 0.5) is 0 Å². The molecule has 2 heteroatoms. The summed E-state index contributed by atoms with van der Waals surface area (Å²) in [4.78, 5) is 2.51. The SMILES string of the molecule is CCCCN1CC[N]CC1. The van der Waals surface area contributed by atoms with Crippen molar-refractivity contribution in [2.45, 2.75) is 19.8 Å². The Hall–Kier alpha value is -0.0800. The van der Waals surface area contributed by atoms with E-state index in [-0.39, 0.29) is 0 Å². The fourth-order valence-corrected chi connectivity index (χ4v) is 1.25. The van der Waals surface area contributed by atoms with Crippen molar-refractivity contribution in [2.75, 3.05) is 32.7 Å². The van der Waals surface area contributed by atoms with Gasteiger partial charge in [-0.3, -0.25) is 0 Å². The Kier molecular flexibility index (Phi) is 3.76. The molecule has 1 fully saturated rings. The number of piperazine rings is 1. The highest BCUT2D eigenvalue weighted by Gasteiger charge is 2.07. The molecule has 1 rings (SSSR count). The van der Waals surface area contributed by atoms with Crippen LogP contribution in [0.5, 0.6) is 0 Å². The Morgan fingerprint density at radius 1 is 1.30 bits per heavy atom. The summed E-state index contributed by atoms with van der Waals surface area (Å²) >= 11 is 0. The number of unbranched alkanes of at least 4 members (excludes halogenated alkanes) is 1. The van der Waals surface area contributed by atoms with Crippen molar-refractivity contribution in [3.05, 3.63) is 0 Å². The zero-order valence-electron chi connectivity index (χ0n) is 6.84. The minimum atomic E-state index is 1.06.